The molecule has 0 aliphatic heterocycles. The van der Waals surface area contributed by atoms with E-state index in [0.29, 0.717) is 29.4 Å². The third-order valence-corrected chi connectivity index (χ3v) is 4.38. The van der Waals surface area contributed by atoms with E-state index in [1.807, 2.05) is 43.3 Å². The lowest BCUT2D eigenvalue weighted by Crippen LogP contribution is -2.11. The zero-order valence-corrected chi connectivity index (χ0v) is 14.7. The van der Waals surface area contributed by atoms with Crippen LogP contribution in [0.25, 0.3) is 22.3 Å². The van der Waals surface area contributed by atoms with Gasteiger partial charge in [-0.25, -0.2) is 9.97 Å². The maximum Gasteiger partial charge on any atom is 0.250 e. The van der Waals surface area contributed by atoms with Crippen LogP contribution in [-0.2, 0) is 6.54 Å². The number of carbonyl (C=O) groups is 1. The first-order chi connectivity index (χ1) is 13.1. The Hall–Kier alpha value is -3.74. The normalized spacial score (nSPS) is 10.9. The minimum absolute atomic E-state index is 0.443. The molecule has 4 rings (SSSR count). The first-order valence-corrected chi connectivity index (χ1v) is 8.52. The molecule has 134 valence electrons. The molecule has 0 radical (unpaired) electrons. The van der Waals surface area contributed by atoms with E-state index in [1.165, 1.54) is 6.33 Å². The molecule has 7 nitrogen and oxygen atoms in total. The Kier molecular flexibility index (Phi) is 4.25. The van der Waals surface area contributed by atoms with E-state index in [0.717, 1.165) is 22.2 Å². The number of anilines is 1. The summed E-state index contributed by atoms with van der Waals surface area (Å²) < 4.78 is 0. The summed E-state index contributed by atoms with van der Waals surface area (Å²) in [6.45, 7) is 2.53. The molecular weight excluding hydrogens is 340 g/mol. The van der Waals surface area contributed by atoms with E-state index < -0.39 is 5.91 Å². The molecule has 2 aromatic heterocycles. The van der Waals surface area contributed by atoms with Crippen molar-refractivity contribution in [3.63, 3.8) is 0 Å². The predicted molar refractivity (Wildman–Crippen MR) is 104 cm³/mol. The highest BCUT2D eigenvalue weighted by molar-refractivity contribution is 6.09. The zero-order chi connectivity index (χ0) is 18.8. The van der Waals surface area contributed by atoms with Gasteiger partial charge in [0.25, 0.3) is 5.91 Å². The van der Waals surface area contributed by atoms with Crippen LogP contribution in [0.1, 0.15) is 21.6 Å². The number of nitrogens with zero attached hydrogens (tertiary/aromatic N) is 3. The summed E-state index contributed by atoms with van der Waals surface area (Å²) in [7, 11) is 0. The second kappa shape index (κ2) is 6.87. The fraction of sp³-hybridized carbons (Fsp3) is 0.100. The number of amides is 1. The SMILES string of the molecule is Cc1[nH]c2c(C(N)=O)cccc2c1-c1ncnc(NCc2ccccc2)n1. The molecule has 27 heavy (non-hydrogen) atoms. The molecule has 0 saturated carbocycles. The topological polar surface area (TPSA) is 110 Å². The number of aromatic amines is 1. The fourth-order valence-corrected chi connectivity index (χ4v) is 3.12. The van der Waals surface area contributed by atoms with Crippen LogP contribution in [0.4, 0.5) is 5.95 Å². The zero-order valence-electron chi connectivity index (χ0n) is 14.7. The second-order valence-electron chi connectivity index (χ2n) is 6.19. The van der Waals surface area contributed by atoms with Gasteiger partial charge in [-0.3, -0.25) is 4.79 Å². The molecular formula is C20H18N6O. The van der Waals surface area contributed by atoms with Crippen LogP contribution >= 0.6 is 0 Å². The summed E-state index contributed by atoms with van der Waals surface area (Å²) in [4.78, 5) is 28.0. The second-order valence-corrected chi connectivity index (χ2v) is 6.19. The molecule has 0 atom stereocenters. The Morgan fingerprint density at radius 2 is 1.93 bits per heavy atom. The molecule has 0 aliphatic rings. The largest absolute Gasteiger partial charge is 0.366 e. The minimum atomic E-state index is -0.478. The lowest BCUT2D eigenvalue weighted by molar-refractivity contribution is 0.100. The van der Waals surface area contributed by atoms with Crippen molar-refractivity contribution < 1.29 is 4.79 Å². The molecule has 2 heterocycles. The number of hydrogen-bond donors (Lipinski definition) is 3. The average molecular weight is 358 g/mol. The van der Waals surface area contributed by atoms with Crippen LogP contribution in [0.3, 0.4) is 0 Å². The van der Waals surface area contributed by atoms with Crippen molar-refractivity contribution >= 4 is 22.8 Å². The summed E-state index contributed by atoms with van der Waals surface area (Å²) in [6, 6.07) is 15.4. The number of aryl methyl sites for hydroxylation is 1. The van der Waals surface area contributed by atoms with Gasteiger partial charge in [0, 0.05) is 23.2 Å². The smallest absolute Gasteiger partial charge is 0.250 e. The Morgan fingerprint density at radius 3 is 2.70 bits per heavy atom. The van der Waals surface area contributed by atoms with Gasteiger partial charge in [-0.05, 0) is 18.6 Å². The van der Waals surface area contributed by atoms with Gasteiger partial charge in [0.05, 0.1) is 11.1 Å². The van der Waals surface area contributed by atoms with Crippen molar-refractivity contribution in [2.45, 2.75) is 13.5 Å². The van der Waals surface area contributed by atoms with Crippen LogP contribution in [0.5, 0.6) is 0 Å². The van der Waals surface area contributed by atoms with Crippen molar-refractivity contribution in [2.75, 3.05) is 5.32 Å². The molecule has 7 heteroatoms. The maximum absolute atomic E-state index is 11.7. The fourth-order valence-electron chi connectivity index (χ4n) is 3.12. The molecule has 0 bridgehead atoms. The number of aromatic nitrogens is 4. The lowest BCUT2D eigenvalue weighted by Gasteiger charge is -2.06. The summed E-state index contributed by atoms with van der Waals surface area (Å²) in [6.07, 6.45) is 1.48. The molecule has 1 amide bonds. The number of primary amides is 1. The quantitative estimate of drug-likeness (QED) is 0.508. The van der Waals surface area contributed by atoms with Gasteiger partial charge in [-0.15, -0.1) is 0 Å². The van der Waals surface area contributed by atoms with Crippen molar-refractivity contribution in [1.29, 1.82) is 0 Å². The number of nitrogens with two attached hydrogens (primary N) is 1. The lowest BCUT2D eigenvalue weighted by atomic mass is 10.1. The summed E-state index contributed by atoms with van der Waals surface area (Å²) >= 11 is 0. The Balaban J connectivity index is 1.71. The van der Waals surface area contributed by atoms with Crippen LogP contribution in [-0.4, -0.2) is 25.8 Å². The number of hydrogen-bond acceptors (Lipinski definition) is 5. The summed E-state index contributed by atoms with van der Waals surface area (Å²) in [5.74, 6) is 0.545. The standard InChI is InChI=1S/C20H18N6O/c1-12-16(14-8-5-9-15(18(21)27)17(14)25-12)19-23-11-24-20(26-19)22-10-13-6-3-2-4-7-13/h2-9,11,25H,10H2,1H3,(H2,21,27)(H,22,23,24,26). The molecule has 4 N–H and O–H groups in total. The van der Waals surface area contributed by atoms with Gasteiger partial charge in [0.15, 0.2) is 5.82 Å². The Bertz CT molecular complexity index is 1120. The van der Waals surface area contributed by atoms with E-state index in [2.05, 4.69) is 25.3 Å². The molecule has 4 aromatic rings. The van der Waals surface area contributed by atoms with Crippen molar-refractivity contribution in [3.8, 4) is 11.4 Å². The number of H-pyrrole nitrogens is 1. The molecule has 0 spiro atoms. The number of nitrogens with one attached hydrogen (secondary N) is 2. The van der Waals surface area contributed by atoms with Gasteiger partial charge in [-0.2, -0.15) is 4.98 Å². The van der Waals surface area contributed by atoms with Crippen LogP contribution in [0.2, 0.25) is 0 Å². The number of benzene rings is 2. The summed E-state index contributed by atoms with van der Waals surface area (Å²) in [5, 5.41) is 4.06. The molecule has 0 saturated heterocycles. The van der Waals surface area contributed by atoms with Gasteiger partial charge >= 0.3 is 0 Å². The van der Waals surface area contributed by atoms with Gasteiger partial charge < -0.3 is 16.0 Å². The van der Waals surface area contributed by atoms with E-state index in [1.54, 1.807) is 12.1 Å². The van der Waals surface area contributed by atoms with Crippen LogP contribution < -0.4 is 11.1 Å². The molecule has 2 aromatic carbocycles. The van der Waals surface area contributed by atoms with E-state index in [9.17, 15) is 4.79 Å². The minimum Gasteiger partial charge on any atom is -0.366 e. The molecule has 0 unspecified atom stereocenters. The van der Waals surface area contributed by atoms with E-state index in [4.69, 9.17) is 5.73 Å². The molecule has 0 aliphatic carbocycles. The first-order valence-electron chi connectivity index (χ1n) is 8.52. The monoisotopic (exact) mass is 358 g/mol. The third-order valence-electron chi connectivity index (χ3n) is 4.38. The van der Waals surface area contributed by atoms with E-state index >= 15 is 0 Å². The highest BCUT2D eigenvalue weighted by Crippen LogP contribution is 2.31. The highest BCUT2D eigenvalue weighted by atomic mass is 16.1. The van der Waals surface area contributed by atoms with Gasteiger partial charge in [-0.1, -0.05) is 42.5 Å². The van der Waals surface area contributed by atoms with Crippen LogP contribution in [0, 0.1) is 6.92 Å². The molecule has 0 fully saturated rings. The first kappa shape index (κ1) is 16.7. The highest BCUT2D eigenvalue weighted by Gasteiger charge is 2.17. The van der Waals surface area contributed by atoms with Gasteiger partial charge in [0.1, 0.15) is 6.33 Å². The van der Waals surface area contributed by atoms with Crippen molar-refractivity contribution in [2.24, 2.45) is 5.73 Å². The summed E-state index contributed by atoms with van der Waals surface area (Å²) in [5.41, 5.74) is 9.45. The number of rotatable bonds is 5. The Labute approximate surface area is 155 Å². The predicted octanol–water partition coefficient (Wildman–Crippen LogP) is 3.04. The van der Waals surface area contributed by atoms with Crippen molar-refractivity contribution in [1.82, 2.24) is 19.9 Å². The third kappa shape index (κ3) is 3.22. The van der Waals surface area contributed by atoms with Gasteiger partial charge in [0.2, 0.25) is 5.95 Å². The number of carbonyl (C=O) groups excluding carboxylic acids is 1. The van der Waals surface area contributed by atoms with E-state index in [-0.39, 0.29) is 0 Å². The number of para-hydroxylation sites is 1. The Morgan fingerprint density at radius 1 is 1.11 bits per heavy atom. The van der Waals surface area contributed by atoms with Crippen molar-refractivity contribution in [3.05, 3.63) is 71.7 Å². The number of fused-ring (bicyclic) bond motifs is 1. The van der Waals surface area contributed by atoms with Crippen LogP contribution in [0.15, 0.2) is 54.9 Å². The maximum atomic E-state index is 11.7. The average Bonchev–Trinajstić information content (AvgIpc) is 3.03.